The minimum atomic E-state index is -1.56. The molecule has 1 aliphatic rings. The van der Waals surface area contributed by atoms with E-state index in [0.717, 1.165) is 44.9 Å². The molecule has 0 spiro atoms. The molecule has 1 heterocycles. The third-order valence-corrected chi connectivity index (χ3v) is 8.27. The van der Waals surface area contributed by atoms with Crippen molar-refractivity contribution in [1.82, 2.24) is 5.32 Å². The normalized spacial score (nSPS) is 23.8. The molecule has 1 rings (SSSR count). The Kier molecular flexibility index (Phi) is 24.8. The summed E-state index contributed by atoms with van der Waals surface area (Å²) in [6, 6.07) is -0.799. The summed E-state index contributed by atoms with van der Waals surface area (Å²) in [6.07, 6.45) is 21.4. The number of ether oxygens (including phenoxy) is 2. The van der Waals surface area contributed by atoms with Crippen molar-refractivity contribution in [2.75, 3.05) is 13.2 Å². The lowest BCUT2D eigenvalue weighted by atomic mass is 9.99. The standard InChI is InChI=1S/C35H65NO8/c1-3-5-7-9-10-11-12-13-14-15-16-17-18-19-20-21-23-25-31(39)36-28(29(38)24-22-8-6-4-2)27-43-35-34(42)33(41)32(40)30(26-37)44-35/h13-14,22,24,28-30,32-35,37-38,40-42H,3-12,15-21,23,25-27H2,1-2H3,(H,36,39)/b14-13-,24-22+. The second-order valence-electron chi connectivity index (χ2n) is 12.3. The molecule has 1 fully saturated rings. The molecular weight excluding hydrogens is 562 g/mol. The van der Waals surface area contributed by atoms with Crippen molar-refractivity contribution >= 4 is 5.91 Å². The molecule has 1 aliphatic heterocycles. The van der Waals surface area contributed by atoms with Crippen molar-refractivity contribution in [3.63, 3.8) is 0 Å². The van der Waals surface area contributed by atoms with Crippen molar-refractivity contribution in [1.29, 1.82) is 0 Å². The largest absolute Gasteiger partial charge is 0.394 e. The number of allylic oxidation sites excluding steroid dienone is 3. The Balaban J connectivity index is 2.31. The third kappa shape index (κ3) is 18.6. The zero-order valence-electron chi connectivity index (χ0n) is 27.7. The Hall–Kier alpha value is -1.33. The number of unbranched alkanes of at least 4 members (excludes halogenated alkanes) is 15. The highest BCUT2D eigenvalue weighted by atomic mass is 16.7. The zero-order chi connectivity index (χ0) is 32.4. The molecule has 6 N–H and O–H groups in total. The number of carbonyl (C=O) groups excluding carboxylic acids is 1. The van der Waals surface area contributed by atoms with E-state index < -0.39 is 49.5 Å². The molecule has 44 heavy (non-hydrogen) atoms. The number of hydrogen-bond acceptors (Lipinski definition) is 8. The molecule has 1 amide bonds. The summed E-state index contributed by atoms with van der Waals surface area (Å²) in [5.41, 5.74) is 0. The van der Waals surface area contributed by atoms with E-state index in [0.29, 0.717) is 6.42 Å². The van der Waals surface area contributed by atoms with E-state index in [1.807, 2.05) is 6.08 Å². The van der Waals surface area contributed by atoms with Gasteiger partial charge in [-0.25, -0.2) is 0 Å². The van der Waals surface area contributed by atoms with Crippen LogP contribution in [0.2, 0.25) is 0 Å². The van der Waals surface area contributed by atoms with E-state index in [1.165, 1.54) is 70.6 Å². The van der Waals surface area contributed by atoms with Gasteiger partial charge in [0.15, 0.2) is 6.29 Å². The van der Waals surface area contributed by atoms with Crippen LogP contribution in [0, 0.1) is 0 Å². The fraction of sp³-hybridized carbons (Fsp3) is 0.857. The number of rotatable bonds is 27. The Morgan fingerprint density at radius 3 is 1.89 bits per heavy atom. The average molecular weight is 628 g/mol. The predicted molar refractivity (Wildman–Crippen MR) is 175 cm³/mol. The van der Waals surface area contributed by atoms with Crippen molar-refractivity contribution in [3.8, 4) is 0 Å². The molecule has 9 nitrogen and oxygen atoms in total. The Bertz CT molecular complexity index is 746. The number of aliphatic hydroxyl groups excluding tert-OH is 5. The lowest BCUT2D eigenvalue weighted by Crippen LogP contribution is -2.60. The number of nitrogens with one attached hydrogen (secondary N) is 1. The van der Waals surface area contributed by atoms with Gasteiger partial charge in [0.05, 0.1) is 25.4 Å². The van der Waals surface area contributed by atoms with Gasteiger partial charge in [-0.15, -0.1) is 0 Å². The van der Waals surface area contributed by atoms with Gasteiger partial charge in [-0.2, -0.15) is 0 Å². The summed E-state index contributed by atoms with van der Waals surface area (Å²) in [7, 11) is 0. The lowest BCUT2D eigenvalue weighted by molar-refractivity contribution is -0.302. The first kappa shape index (κ1) is 40.7. The van der Waals surface area contributed by atoms with Crippen molar-refractivity contribution in [2.45, 2.75) is 179 Å². The second-order valence-corrected chi connectivity index (χ2v) is 12.3. The number of aliphatic hydroxyl groups is 5. The first-order chi connectivity index (χ1) is 21.3. The maximum atomic E-state index is 12.7. The van der Waals surface area contributed by atoms with Gasteiger partial charge in [-0.05, 0) is 38.5 Å². The molecule has 7 unspecified atom stereocenters. The molecule has 0 aromatic carbocycles. The maximum absolute atomic E-state index is 12.7. The Labute approximate surface area is 267 Å². The second kappa shape index (κ2) is 26.8. The molecular formula is C35H65NO8. The van der Waals surface area contributed by atoms with E-state index in [-0.39, 0.29) is 12.5 Å². The topological polar surface area (TPSA) is 149 Å². The van der Waals surface area contributed by atoms with Gasteiger partial charge in [0.2, 0.25) is 5.91 Å². The number of carbonyl (C=O) groups is 1. The van der Waals surface area contributed by atoms with Gasteiger partial charge in [0.1, 0.15) is 24.4 Å². The van der Waals surface area contributed by atoms with Crippen LogP contribution in [0.15, 0.2) is 24.3 Å². The molecule has 0 aromatic rings. The van der Waals surface area contributed by atoms with E-state index in [9.17, 15) is 30.3 Å². The SMILES string of the molecule is CCCC/C=C/C(O)C(COC1OC(CO)C(O)C(O)C1O)NC(=O)CCCCCCCCC/C=C\CCCCCCCC. The highest BCUT2D eigenvalue weighted by Crippen LogP contribution is 2.22. The molecule has 0 radical (unpaired) electrons. The Morgan fingerprint density at radius 1 is 0.750 bits per heavy atom. The molecule has 258 valence electrons. The highest BCUT2D eigenvalue weighted by Gasteiger charge is 2.44. The van der Waals surface area contributed by atoms with Crippen LogP contribution in [0.4, 0.5) is 0 Å². The van der Waals surface area contributed by atoms with Crippen LogP contribution < -0.4 is 5.32 Å². The molecule has 7 atom stereocenters. The molecule has 9 heteroatoms. The molecule has 1 saturated heterocycles. The highest BCUT2D eigenvalue weighted by molar-refractivity contribution is 5.76. The maximum Gasteiger partial charge on any atom is 0.220 e. The van der Waals surface area contributed by atoms with Crippen molar-refractivity contribution in [2.24, 2.45) is 0 Å². The van der Waals surface area contributed by atoms with Gasteiger partial charge in [0.25, 0.3) is 0 Å². The van der Waals surface area contributed by atoms with E-state index in [2.05, 4.69) is 31.3 Å². The summed E-state index contributed by atoms with van der Waals surface area (Å²) < 4.78 is 11.0. The van der Waals surface area contributed by atoms with E-state index in [4.69, 9.17) is 9.47 Å². The van der Waals surface area contributed by atoms with Crippen molar-refractivity contribution < 1.29 is 39.8 Å². The summed E-state index contributed by atoms with van der Waals surface area (Å²) >= 11 is 0. The predicted octanol–water partition coefficient (Wildman–Crippen LogP) is 5.21. The molecule has 0 aromatic heterocycles. The van der Waals surface area contributed by atoms with Crippen LogP contribution >= 0.6 is 0 Å². The van der Waals surface area contributed by atoms with Gasteiger partial charge >= 0.3 is 0 Å². The van der Waals surface area contributed by atoms with Crippen LogP contribution in [-0.4, -0.2) is 87.5 Å². The van der Waals surface area contributed by atoms with Crippen LogP contribution in [0.25, 0.3) is 0 Å². The molecule has 0 saturated carbocycles. The van der Waals surface area contributed by atoms with Crippen LogP contribution in [0.5, 0.6) is 0 Å². The summed E-state index contributed by atoms with van der Waals surface area (Å²) in [5, 5.41) is 53.3. The van der Waals surface area contributed by atoms with Gasteiger partial charge in [-0.3, -0.25) is 4.79 Å². The fourth-order valence-electron chi connectivity index (χ4n) is 5.31. The quantitative estimate of drug-likeness (QED) is 0.0537. The lowest BCUT2D eigenvalue weighted by Gasteiger charge is -2.40. The first-order valence-corrected chi connectivity index (χ1v) is 17.6. The zero-order valence-corrected chi connectivity index (χ0v) is 27.7. The van der Waals surface area contributed by atoms with Crippen LogP contribution in [0.3, 0.4) is 0 Å². The smallest absolute Gasteiger partial charge is 0.220 e. The fourth-order valence-corrected chi connectivity index (χ4v) is 5.31. The first-order valence-electron chi connectivity index (χ1n) is 17.6. The monoisotopic (exact) mass is 627 g/mol. The number of amides is 1. The summed E-state index contributed by atoms with van der Waals surface area (Å²) in [6.45, 7) is 3.58. The number of hydrogen-bond donors (Lipinski definition) is 6. The average Bonchev–Trinajstić information content (AvgIpc) is 3.02. The van der Waals surface area contributed by atoms with Gasteiger partial charge in [-0.1, -0.05) is 115 Å². The third-order valence-electron chi connectivity index (χ3n) is 8.27. The van der Waals surface area contributed by atoms with Crippen molar-refractivity contribution in [3.05, 3.63) is 24.3 Å². The van der Waals surface area contributed by atoms with Gasteiger partial charge < -0.3 is 40.3 Å². The van der Waals surface area contributed by atoms with Gasteiger partial charge in [0, 0.05) is 6.42 Å². The van der Waals surface area contributed by atoms with E-state index >= 15 is 0 Å². The minimum absolute atomic E-state index is 0.193. The molecule has 0 bridgehead atoms. The Morgan fingerprint density at radius 2 is 1.30 bits per heavy atom. The van der Waals surface area contributed by atoms with Crippen LogP contribution in [-0.2, 0) is 14.3 Å². The van der Waals surface area contributed by atoms with E-state index in [1.54, 1.807) is 6.08 Å². The summed E-state index contributed by atoms with van der Waals surface area (Å²) in [5.74, 6) is -0.193. The summed E-state index contributed by atoms with van der Waals surface area (Å²) in [4.78, 5) is 12.7. The van der Waals surface area contributed by atoms with Crippen LogP contribution in [0.1, 0.15) is 136 Å². The molecule has 0 aliphatic carbocycles. The minimum Gasteiger partial charge on any atom is -0.394 e.